The lowest BCUT2D eigenvalue weighted by Gasteiger charge is -2.04. The second-order valence-electron chi connectivity index (χ2n) is 6.07. The Balaban J connectivity index is 2.89. The number of hydrogen-bond donors (Lipinski definition) is 0. The molecule has 1 radical (unpaired) electrons. The topological polar surface area (TPSA) is 9.23 Å². The summed E-state index contributed by atoms with van der Waals surface area (Å²) in [4.78, 5) is 0. The number of hydrogen-bond acceptors (Lipinski definition) is 1. The normalized spacial score (nSPS) is 11.1. The Morgan fingerprint density at radius 2 is 1.00 bits per heavy atom. The third-order valence-electron chi connectivity index (χ3n) is 3.91. The molecule has 20 heavy (non-hydrogen) atoms. The van der Waals surface area contributed by atoms with Gasteiger partial charge < -0.3 is 4.74 Å². The highest BCUT2D eigenvalue weighted by atomic mass is 16.5. The average molecular weight is 284 g/mol. The largest absolute Gasteiger partial charge is 0.376 e. The highest BCUT2D eigenvalue weighted by molar-refractivity contribution is 4.52. The predicted octanol–water partition coefficient (Wildman–Crippen LogP) is 7.06. The SMILES string of the molecule is CCCCC[CH]OCCCCCCCCCCCCC. The van der Waals surface area contributed by atoms with Gasteiger partial charge >= 0.3 is 0 Å². The van der Waals surface area contributed by atoms with Gasteiger partial charge in [-0.2, -0.15) is 0 Å². The first-order chi connectivity index (χ1) is 9.91. The van der Waals surface area contributed by atoms with E-state index >= 15 is 0 Å². The van der Waals surface area contributed by atoms with E-state index in [2.05, 4.69) is 13.8 Å². The van der Waals surface area contributed by atoms with Crippen LogP contribution < -0.4 is 0 Å². The fourth-order valence-corrected chi connectivity index (χ4v) is 2.49. The first-order valence-electron chi connectivity index (χ1n) is 9.35. The summed E-state index contributed by atoms with van der Waals surface area (Å²) >= 11 is 0. The maximum Gasteiger partial charge on any atom is 0.0836 e. The van der Waals surface area contributed by atoms with Gasteiger partial charge in [0.15, 0.2) is 0 Å². The van der Waals surface area contributed by atoms with Crippen LogP contribution in [0.5, 0.6) is 0 Å². The highest BCUT2D eigenvalue weighted by Gasteiger charge is 1.94. The van der Waals surface area contributed by atoms with E-state index in [-0.39, 0.29) is 0 Å². The van der Waals surface area contributed by atoms with Gasteiger partial charge in [0, 0.05) is 6.61 Å². The zero-order valence-corrected chi connectivity index (χ0v) is 14.3. The summed E-state index contributed by atoms with van der Waals surface area (Å²) in [7, 11) is 0. The van der Waals surface area contributed by atoms with Gasteiger partial charge in [-0.25, -0.2) is 0 Å². The quantitative estimate of drug-likeness (QED) is 0.260. The molecule has 0 aliphatic rings. The van der Waals surface area contributed by atoms with Crippen LogP contribution in [0, 0.1) is 6.61 Å². The Kier molecular flexibility index (Phi) is 18.9. The molecule has 0 saturated heterocycles. The van der Waals surface area contributed by atoms with Crippen molar-refractivity contribution in [1.82, 2.24) is 0 Å². The zero-order chi connectivity index (χ0) is 14.7. The Hall–Kier alpha value is -0.0400. The lowest BCUT2D eigenvalue weighted by Crippen LogP contribution is -1.92. The smallest absolute Gasteiger partial charge is 0.0836 e. The average Bonchev–Trinajstić information content (AvgIpc) is 2.47. The lowest BCUT2D eigenvalue weighted by molar-refractivity contribution is 0.184. The van der Waals surface area contributed by atoms with E-state index in [0.29, 0.717) is 0 Å². The first-order valence-corrected chi connectivity index (χ1v) is 9.35. The van der Waals surface area contributed by atoms with Crippen molar-refractivity contribution >= 4 is 0 Å². The van der Waals surface area contributed by atoms with Gasteiger partial charge in [0.2, 0.25) is 0 Å². The van der Waals surface area contributed by atoms with E-state index in [9.17, 15) is 0 Å². The van der Waals surface area contributed by atoms with Gasteiger partial charge in [-0.1, -0.05) is 97.3 Å². The second kappa shape index (κ2) is 19.0. The van der Waals surface area contributed by atoms with Crippen LogP contribution in [0.4, 0.5) is 0 Å². The van der Waals surface area contributed by atoms with Gasteiger partial charge in [0.1, 0.15) is 0 Å². The molecule has 0 aromatic rings. The molecule has 0 heterocycles. The summed E-state index contributed by atoms with van der Waals surface area (Å²) in [6.07, 6.45) is 20.5. The van der Waals surface area contributed by atoms with Crippen molar-refractivity contribution < 1.29 is 4.74 Å². The molecule has 1 heteroatoms. The highest BCUT2D eigenvalue weighted by Crippen LogP contribution is 2.11. The number of ether oxygens (including phenoxy) is 1. The summed E-state index contributed by atoms with van der Waals surface area (Å²) in [5.41, 5.74) is 0. The molecule has 0 unspecified atom stereocenters. The third-order valence-corrected chi connectivity index (χ3v) is 3.91. The minimum atomic E-state index is 0.934. The Morgan fingerprint density at radius 3 is 1.55 bits per heavy atom. The third kappa shape index (κ3) is 18.0. The Labute approximate surface area is 128 Å². The van der Waals surface area contributed by atoms with Crippen molar-refractivity contribution in [2.24, 2.45) is 0 Å². The van der Waals surface area contributed by atoms with Crippen LogP contribution in [-0.4, -0.2) is 6.61 Å². The molecular weight excluding hydrogens is 244 g/mol. The molecule has 0 bridgehead atoms. The van der Waals surface area contributed by atoms with Crippen molar-refractivity contribution in [3.8, 4) is 0 Å². The molecular formula is C19H39O. The molecule has 0 aromatic carbocycles. The van der Waals surface area contributed by atoms with E-state index in [4.69, 9.17) is 4.74 Å². The van der Waals surface area contributed by atoms with Crippen LogP contribution in [0.25, 0.3) is 0 Å². The van der Waals surface area contributed by atoms with Crippen LogP contribution in [0.3, 0.4) is 0 Å². The molecule has 0 aliphatic carbocycles. The molecule has 0 aliphatic heterocycles. The first kappa shape index (κ1) is 20.0. The Morgan fingerprint density at radius 1 is 0.550 bits per heavy atom. The molecule has 0 saturated carbocycles. The van der Waals surface area contributed by atoms with Gasteiger partial charge in [-0.3, -0.25) is 0 Å². The molecule has 0 aromatic heterocycles. The molecule has 0 rings (SSSR count). The van der Waals surface area contributed by atoms with Crippen molar-refractivity contribution in [2.75, 3.05) is 6.61 Å². The molecule has 0 amide bonds. The second-order valence-corrected chi connectivity index (χ2v) is 6.07. The summed E-state index contributed by atoms with van der Waals surface area (Å²) in [6.45, 7) is 7.48. The fourth-order valence-electron chi connectivity index (χ4n) is 2.49. The van der Waals surface area contributed by atoms with Crippen LogP contribution in [0.1, 0.15) is 110 Å². The van der Waals surface area contributed by atoms with Gasteiger partial charge in [-0.05, 0) is 12.8 Å². The molecule has 0 N–H and O–H groups in total. The maximum absolute atomic E-state index is 5.54. The van der Waals surface area contributed by atoms with E-state index in [0.717, 1.165) is 13.0 Å². The van der Waals surface area contributed by atoms with Crippen LogP contribution in [-0.2, 0) is 4.74 Å². The van der Waals surface area contributed by atoms with Crippen molar-refractivity contribution in [3.05, 3.63) is 6.61 Å². The Bertz CT molecular complexity index is 138. The van der Waals surface area contributed by atoms with Crippen LogP contribution in [0.15, 0.2) is 0 Å². The summed E-state index contributed by atoms with van der Waals surface area (Å²) in [6, 6.07) is 0. The minimum Gasteiger partial charge on any atom is -0.376 e. The van der Waals surface area contributed by atoms with Crippen LogP contribution in [0.2, 0.25) is 0 Å². The van der Waals surface area contributed by atoms with Crippen LogP contribution >= 0.6 is 0 Å². The fraction of sp³-hybridized carbons (Fsp3) is 0.947. The van der Waals surface area contributed by atoms with E-state index in [1.54, 1.807) is 0 Å². The number of rotatable bonds is 17. The van der Waals surface area contributed by atoms with Crippen molar-refractivity contribution in [2.45, 2.75) is 110 Å². The summed E-state index contributed by atoms with van der Waals surface area (Å²) < 4.78 is 5.54. The standard InChI is InChI=1S/C19H39O/c1-3-5-7-9-10-11-12-13-14-15-17-19-20-18-16-8-6-4-2/h18H,3-17,19H2,1-2H3. The molecule has 121 valence electrons. The van der Waals surface area contributed by atoms with Gasteiger partial charge in [0.05, 0.1) is 6.61 Å². The predicted molar refractivity (Wildman–Crippen MR) is 90.9 cm³/mol. The van der Waals surface area contributed by atoms with Gasteiger partial charge in [0.25, 0.3) is 0 Å². The summed E-state index contributed by atoms with van der Waals surface area (Å²) in [5.74, 6) is 0. The maximum atomic E-state index is 5.54. The van der Waals surface area contributed by atoms with Crippen molar-refractivity contribution in [1.29, 1.82) is 0 Å². The van der Waals surface area contributed by atoms with E-state index in [1.807, 2.05) is 6.61 Å². The van der Waals surface area contributed by atoms with E-state index < -0.39 is 0 Å². The molecule has 0 spiro atoms. The minimum absolute atomic E-state index is 0.934. The zero-order valence-electron chi connectivity index (χ0n) is 14.3. The molecule has 1 nitrogen and oxygen atoms in total. The van der Waals surface area contributed by atoms with Gasteiger partial charge in [-0.15, -0.1) is 0 Å². The number of unbranched alkanes of at least 4 members (excludes halogenated alkanes) is 13. The molecule has 0 fully saturated rings. The lowest BCUT2D eigenvalue weighted by atomic mass is 10.1. The van der Waals surface area contributed by atoms with Crippen molar-refractivity contribution in [3.63, 3.8) is 0 Å². The van der Waals surface area contributed by atoms with E-state index in [1.165, 1.54) is 89.9 Å². The molecule has 0 atom stereocenters. The monoisotopic (exact) mass is 283 g/mol. The summed E-state index contributed by atoms with van der Waals surface area (Å²) in [5, 5.41) is 0.